The monoisotopic (exact) mass is 335 g/mol. The highest BCUT2D eigenvalue weighted by Gasteiger charge is 2.37. The topological polar surface area (TPSA) is 62.2 Å². The molecule has 1 saturated carbocycles. The highest BCUT2D eigenvalue weighted by Crippen LogP contribution is 2.29. The van der Waals surface area contributed by atoms with Crippen LogP contribution in [0.4, 0.5) is 0 Å². The smallest absolute Gasteiger partial charge is 0.134 e. The molecule has 3 rings (SSSR count). The van der Waals surface area contributed by atoms with Crippen LogP contribution in [0.2, 0.25) is 0 Å². The van der Waals surface area contributed by atoms with Gasteiger partial charge in [-0.3, -0.25) is 4.90 Å². The summed E-state index contributed by atoms with van der Waals surface area (Å²) in [5.74, 6) is 0.743. The van der Waals surface area contributed by atoms with Gasteiger partial charge in [-0.25, -0.2) is 0 Å². The summed E-state index contributed by atoms with van der Waals surface area (Å²) >= 11 is 0. The van der Waals surface area contributed by atoms with E-state index < -0.39 is 11.2 Å². The van der Waals surface area contributed by atoms with Crippen molar-refractivity contribution in [3.63, 3.8) is 0 Å². The fourth-order valence-corrected chi connectivity index (χ4v) is 3.74. The van der Waals surface area contributed by atoms with Crippen LogP contribution < -0.4 is 4.74 Å². The van der Waals surface area contributed by atoms with E-state index in [0.717, 1.165) is 38.0 Å². The number of ether oxygens (including phenoxy) is 2. The lowest BCUT2D eigenvalue weighted by Crippen LogP contribution is -2.53. The first-order valence-corrected chi connectivity index (χ1v) is 9.00. The van der Waals surface area contributed by atoms with Crippen LogP contribution in [0.15, 0.2) is 30.3 Å². The number of hydrogen-bond donors (Lipinski definition) is 2. The third-order valence-corrected chi connectivity index (χ3v) is 4.99. The molecule has 1 atom stereocenters. The highest BCUT2D eigenvalue weighted by molar-refractivity contribution is 5.21. The van der Waals surface area contributed by atoms with Crippen molar-refractivity contribution in [3.8, 4) is 5.75 Å². The molecule has 2 aliphatic rings. The molecule has 0 amide bonds. The Labute approximate surface area is 144 Å². The Morgan fingerprint density at radius 1 is 1.04 bits per heavy atom. The first kappa shape index (κ1) is 17.7. The van der Waals surface area contributed by atoms with Crippen molar-refractivity contribution in [3.05, 3.63) is 30.3 Å². The molecule has 5 heteroatoms. The van der Waals surface area contributed by atoms with Crippen molar-refractivity contribution in [2.45, 2.75) is 43.3 Å². The molecule has 2 fully saturated rings. The Bertz CT molecular complexity index is 503. The molecular formula is C19H29NO4. The van der Waals surface area contributed by atoms with E-state index in [2.05, 4.69) is 4.90 Å². The maximum atomic E-state index is 10.9. The fraction of sp³-hybridized carbons (Fsp3) is 0.684. The number of β-amino-alcohol motifs (C(OH)–C–C–N with tert-alkyl or cyclic N) is 2. The summed E-state index contributed by atoms with van der Waals surface area (Å²) in [5.41, 5.74) is -1.68. The van der Waals surface area contributed by atoms with Crippen molar-refractivity contribution < 1.29 is 19.7 Å². The Kier molecular flexibility index (Phi) is 5.76. The van der Waals surface area contributed by atoms with Crippen molar-refractivity contribution in [1.82, 2.24) is 4.90 Å². The van der Waals surface area contributed by atoms with E-state index in [1.165, 1.54) is 6.42 Å². The van der Waals surface area contributed by atoms with Crippen molar-refractivity contribution in [2.24, 2.45) is 0 Å². The third kappa shape index (κ3) is 4.93. The van der Waals surface area contributed by atoms with Crippen LogP contribution in [0.25, 0.3) is 0 Å². The quantitative estimate of drug-likeness (QED) is 0.859. The molecule has 1 unspecified atom stereocenters. The van der Waals surface area contributed by atoms with Gasteiger partial charge in [0.2, 0.25) is 0 Å². The molecule has 0 aromatic heterocycles. The molecule has 1 heterocycles. The van der Waals surface area contributed by atoms with E-state index >= 15 is 0 Å². The van der Waals surface area contributed by atoms with Gasteiger partial charge in [0.25, 0.3) is 0 Å². The SMILES string of the molecule is OC1(CN2CCOCC(O)(COc3ccccc3)C2)CCCCC1. The minimum Gasteiger partial charge on any atom is -0.490 e. The molecule has 5 nitrogen and oxygen atoms in total. The molecule has 2 N–H and O–H groups in total. The summed E-state index contributed by atoms with van der Waals surface area (Å²) in [6, 6.07) is 9.51. The summed E-state index contributed by atoms with van der Waals surface area (Å²) in [6.45, 7) is 2.81. The van der Waals surface area contributed by atoms with Crippen LogP contribution in [0.5, 0.6) is 5.75 Å². The molecule has 1 aliphatic carbocycles. The molecule has 0 radical (unpaired) electrons. The molecule has 24 heavy (non-hydrogen) atoms. The predicted octanol–water partition coefficient (Wildman–Crippen LogP) is 1.82. The molecule has 1 aliphatic heterocycles. The molecule has 134 valence electrons. The van der Waals surface area contributed by atoms with E-state index in [9.17, 15) is 10.2 Å². The first-order chi connectivity index (χ1) is 11.6. The number of nitrogens with zero attached hydrogens (tertiary/aromatic N) is 1. The summed E-state index contributed by atoms with van der Waals surface area (Å²) in [5, 5.41) is 21.7. The molecular weight excluding hydrogens is 306 g/mol. The van der Waals surface area contributed by atoms with Gasteiger partial charge in [0.15, 0.2) is 0 Å². The van der Waals surface area contributed by atoms with Crippen LogP contribution >= 0.6 is 0 Å². The lowest BCUT2D eigenvalue weighted by atomic mass is 9.84. The minimum absolute atomic E-state index is 0.186. The number of hydrogen-bond acceptors (Lipinski definition) is 5. The Morgan fingerprint density at radius 2 is 1.79 bits per heavy atom. The molecule has 0 spiro atoms. The van der Waals surface area contributed by atoms with Gasteiger partial charge in [-0.05, 0) is 25.0 Å². The Hall–Kier alpha value is -1.14. The van der Waals surface area contributed by atoms with Crippen LogP contribution in [0, 0.1) is 0 Å². The van der Waals surface area contributed by atoms with Gasteiger partial charge in [0.1, 0.15) is 18.0 Å². The average molecular weight is 335 g/mol. The van der Waals surface area contributed by atoms with Crippen LogP contribution in [0.1, 0.15) is 32.1 Å². The highest BCUT2D eigenvalue weighted by atomic mass is 16.5. The maximum Gasteiger partial charge on any atom is 0.134 e. The molecule has 1 aromatic carbocycles. The van der Waals surface area contributed by atoms with Crippen LogP contribution in [-0.2, 0) is 4.74 Å². The number of para-hydroxylation sites is 1. The second-order valence-corrected chi connectivity index (χ2v) is 7.37. The normalized spacial score (nSPS) is 28.2. The van der Waals surface area contributed by atoms with E-state index in [4.69, 9.17) is 9.47 Å². The first-order valence-electron chi connectivity index (χ1n) is 9.00. The van der Waals surface area contributed by atoms with Gasteiger partial charge < -0.3 is 19.7 Å². The van der Waals surface area contributed by atoms with E-state index in [0.29, 0.717) is 19.7 Å². The number of rotatable bonds is 5. The maximum absolute atomic E-state index is 10.9. The number of aliphatic hydroxyl groups is 2. The van der Waals surface area contributed by atoms with Crippen LogP contribution in [0.3, 0.4) is 0 Å². The second-order valence-electron chi connectivity index (χ2n) is 7.37. The Balaban J connectivity index is 1.58. The van der Waals surface area contributed by atoms with E-state index in [-0.39, 0.29) is 13.2 Å². The zero-order valence-corrected chi connectivity index (χ0v) is 14.3. The second kappa shape index (κ2) is 7.83. The summed E-state index contributed by atoms with van der Waals surface area (Å²) < 4.78 is 11.3. The van der Waals surface area contributed by atoms with Crippen molar-refractivity contribution >= 4 is 0 Å². The lowest BCUT2D eigenvalue weighted by Gasteiger charge is -2.38. The van der Waals surface area contributed by atoms with Crippen molar-refractivity contribution in [1.29, 1.82) is 0 Å². The third-order valence-electron chi connectivity index (χ3n) is 4.99. The fourth-order valence-electron chi connectivity index (χ4n) is 3.74. The number of benzene rings is 1. The van der Waals surface area contributed by atoms with Gasteiger partial charge in [-0.1, -0.05) is 37.5 Å². The van der Waals surface area contributed by atoms with Crippen molar-refractivity contribution in [2.75, 3.05) is 39.5 Å². The zero-order chi connectivity index (χ0) is 16.9. The summed E-state index contributed by atoms with van der Waals surface area (Å²) in [4.78, 5) is 2.13. The van der Waals surface area contributed by atoms with Gasteiger partial charge in [-0.15, -0.1) is 0 Å². The van der Waals surface area contributed by atoms with Gasteiger partial charge in [-0.2, -0.15) is 0 Å². The van der Waals surface area contributed by atoms with Gasteiger partial charge >= 0.3 is 0 Å². The van der Waals surface area contributed by atoms with E-state index in [1.807, 2.05) is 30.3 Å². The molecule has 0 bridgehead atoms. The zero-order valence-electron chi connectivity index (χ0n) is 14.3. The Morgan fingerprint density at radius 3 is 2.54 bits per heavy atom. The van der Waals surface area contributed by atoms with Crippen LogP contribution in [-0.4, -0.2) is 65.8 Å². The average Bonchev–Trinajstić information content (AvgIpc) is 2.76. The predicted molar refractivity (Wildman–Crippen MR) is 92.2 cm³/mol. The lowest BCUT2D eigenvalue weighted by molar-refractivity contribution is -0.0759. The van der Waals surface area contributed by atoms with E-state index in [1.54, 1.807) is 0 Å². The minimum atomic E-state index is -1.06. The molecule has 1 saturated heterocycles. The summed E-state index contributed by atoms with van der Waals surface area (Å²) in [6.07, 6.45) is 5.08. The van der Waals surface area contributed by atoms with Gasteiger partial charge in [0.05, 0.1) is 18.8 Å². The standard InChI is InChI=1S/C19H29NO4/c21-18(9-5-2-6-10-18)13-20-11-12-23-15-19(22,14-20)16-24-17-7-3-1-4-8-17/h1,3-4,7-8,21-22H,2,5-6,9-16H2. The molecule has 1 aromatic rings. The van der Waals surface area contributed by atoms with Gasteiger partial charge in [0, 0.05) is 19.6 Å². The summed E-state index contributed by atoms with van der Waals surface area (Å²) in [7, 11) is 0. The largest absolute Gasteiger partial charge is 0.490 e.